The van der Waals surface area contributed by atoms with Crippen LogP contribution in [0, 0.1) is 11.3 Å². The van der Waals surface area contributed by atoms with Crippen molar-refractivity contribution >= 4 is 17.0 Å². The lowest BCUT2D eigenvalue weighted by molar-refractivity contribution is -0.137. The molecule has 4 rings (SSSR count). The van der Waals surface area contributed by atoms with Gasteiger partial charge in [0.2, 0.25) is 5.95 Å². The van der Waals surface area contributed by atoms with Crippen LogP contribution < -0.4 is 10.6 Å². The van der Waals surface area contributed by atoms with Crippen molar-refractivity contribution in [2.75, 3.05) is 18.4 Å². The highest BCUT2D eigenvalue weighted by Crippen LogP contribution is 2.34. The van der Waals surface area contributed by atoms with Crippen LogP contribution in [0.15, 0.2) is 24.7 Å². The highest BCUT2D eigenvalue weighted by atomic mass is 19.4. The standard InChI is InChI=1S/C19H18F3N7/c20-19(21,22)12-6-14-15(10-27-17(14)26-9-12)16-11(7-23)8-28-18(29-16)25-5-3-13-2-1-4-24-13/h6,8-10,13,24H,1-5H2,(H,26,27)(H,25,28,29). The lowest BCUT2D eigenvalue weighted by atomic mass is 10.1. The molecule has 1 atom stereocenters. The van der Waals surface area contributed by atoms with E-state index in [0.717, 1.165) is 38.1 Å². The number of hydrogen-bond acceptors (Lipinski definition) is 6. The molecule has 3 aromatic rings. The third kappa shape index (κ3) is 4.00. The van der Waals surface area contributed by atoms with Gasteiger partial charge in [0, 0.05) is 35.9 Å². The van der Waals surface area contributed by atoms with Gasteiger partial charge in [-0.05, 0) is 31.9 Å². The van der Waals surface area contributed by atoms with Crippen molar-refractivity contribution in [3.63, 3.8) is 0 Å². The number of rotatable bonds is 5. The Balaban J connectivity index is 1.65. The average molecular weight is 401 g/mol. The molecule has 0 aromatic carbocycles. The maximum Gasteiger partial charge on any atom is 0.417 e. The predicted octanol–water partition coefficient (Wildman–Crippen LogP) is 3.46. The molecule has 10 heteroatoms. The molecule has 1 aliphatic heterocycles. The zero-order valence-electron chi connectivity index (χ0n) is 15.3. The molecule has 150 valence electrons. The number of nitrogens with one attached hydrogen (secondary N) is 3. The number of nitriles is 1. The predicted molar refractivity (Wildman–Crippen MR) is 101 cm³/mol. The Labute approximate surface area is 164 Å². The fraction of sp³-hybridized carbons (Fsp3) is 0.368. The maximum absolute atomic E-state index is 13.1. The molecule has 0 bridgehead atoms. The minimum absolute atomic E-state index is 0.173. The fourth-order valence-electron chi connectivity index (χ4n) is 3.47. The van der Waals surface area contributed by atoms with Crippen LogP contribution in [0.4, 0.5) is 19.1 Å². The molecule has 1 saturated heterocycles. The van der Waals surface area contributed by atoms with Gasteiger partial charge in [-0.25, -0.2) is 15.0 Å². The molecule has 0 saturated carbocycles. The SMILES string of the molecule is N#Cc1cnc(NCCC2CCCN2)nc1-c1c[nH]c2ncc(C(F)(F)F)cc12. The van der Waals surface area contributed by atoms with E-state index < -0.39 is 11.7 Å². The Kier molecular flexibility index (Phi) is 5.07. The van der Waals surface area contributed by atoms with Crippen LogP contribution in [0.2, 0.25) is 0 Å². The second-order valence-corrected chi connectivity index (χ2v) is 6.90. The molecule has 7 nitrogen and oxygen atoms in total. The quantitative estimate of drug-likeness (QED) is 0.605. The largest absolute Gasteiger partial charge is 0.417 e. The minimum Gasteiger partial charge on any atom is -0.354 e. The van der Waals surface area contributed by atoms with Crippen LogP contribution >= 0.6 is 0 Å². The van der Waals surface area contributed by atoms with Crippen molar-refractivity contribution in [3.8, 4) is 17.3 Å². The monoisotopic (exact) mass is 401 g/mol. The van der Waals surface area contributed by atoms with Gasteiger partial charge in [-0.2, -0.15) is 18.4 Å². The number of alkyl halides is 3. The van der Waals surface area contributed by atoms with Crippen LogP contribution in [-0.2, 0) is 6.18 Å². The van der Waals surface area contributed by atoms with Crippen LogP contribution in [-0.4, -0.2) is 39.1 Å². The molecule has 1 unspecified atom stereocenters. The van der Waals surface area contributed by atoms with E-state index in [1.165, 1.54) is 12.4 Å². The van der Waals surface area contributed by atoms with Gasteiger partial charge in [-0.15, -0.1) is 0 Å². The smallest absolute Gasteiger partial charge is 0.354 e. The average Bonchev–Trinajstić information content (AvgIpc) is 3.36. The number of anilines is 1. The fourth-order valence-corrected chi connectivity index (χ4v) is 3.47. The number of fused-ring (bicyclic) bond motifs is 1. The first-order chi connectivity index (χ1) is 14.0. The first-order valence-electron chi connectivity index (χ1n) is 9.25. The van der Waals surface area contributed by atoms with Crippen molar-refractivity contribution in [1.29, 1.82) is 5.26 Å². The molecule has 0 radical (unpaired) electrons. The van der Waals surface area contributed by atoms with Gasteiger partial charge in [0.25, 0.3) is 0 Å². The van der Waals surface area contributed by atoms with E-state index in [2.05, 4.69) is 30.6 Å². The van der Waals surface area contributed by atoms with Gasteiger partial charge in [0.15, 0.2) is 0 Å². The summed E-state index contributed by atoms with van der Waals surface area (Å²) in [7, 11) is 0. The summed E-state index contributed by atoms with van der Waals surface area (Å²) in [5.41, 5.74) is 0.235. The topological polar surface area (TPSA) is 102 Å². The van der Waals surface area contributed by atoms with Gasteiger partial charge < -0.3 is 15.6 Å². The van der Waals surface area contributed by atoms with Crippen LogP contribution in [0.5, 0.6) is 0 Å². The van der Waals surface area contributed by atoms with Crippen molar-refractivity contribution < 1.29 is 13.2 Å². The maximum atomic E-state index is 13.1. The van der Waals surface area contributed by atoms with Crippen LogP contribution in [0.3, 0.4) is 0 Å². The number of pyridine rings is 1. The van der Waals surface area contributed by atoms with Crippen molar-refractivity contribution in [1.82, 2.24) is 25.3 Å². The third-order valence-corrected chi connectivity index (χ3v) is 4.96. The normalized spacial score (nSPS) is 16.8. The van der Waals surface area contributed by atoms with E-state index in [1.54, 1.807) is 0 Å². The molecular weight excluding hydrogens is 383 g/mol. The summed E-state index contributed by atoms with van der Waals surface area (Å²) >= 11 is 0. The van der Waals surface area contributed by atoms with Crippen LogP contribution in [0.25, 0.3) is 22.3 Å². The molecule has 29 heavy (non-hydrogen) atoms. The summed E-state index contributed by atoms with van der Waals surface area (Å²) < 4.78 is 39.3. The van der Waals surface area contributed by atoms with E-state index in [0.29, 0.717) is 24.1 Å². The molecule has 1 aliphatic rings. The molecule has 4 heterocycles. The summed E-state index contributed by atoms with van der Waals surface area (Å²) in [4.78, 5) is 15.2. The number of halogens is 3. The molecule has 0 amide bonds. The highest BCUT2D eigenvalue weighted by molar-refractivity contribution is 5.94. The highest BCUT2D eigenvalue weighted by Gasteiger charge is 2.31. The summed E-state index contributed by atoms with van der Waals surface area (Å²) in [6, 6.07) is 3.47. The Morgan fingerprint density at radius 1 is 1.28 bits per heavy atom. The van der Waals surface area contributed by atoms with E-state index in [4.69, 9.17) is 0 Å². The van der Waals surface area contributed by atoms with Gasteiger partial charge in [0.1, 0.15) is 11.7 Å². The molecule has 3 N–H and O–H groups in total. The van der Waals surface area contributed by atoms with Gasteiger partial charge in [-0.1, -0.05) is 0 Å². The first kappa shape index (κ1) is 19.1. The Morgan fingerprint density at radius 3 is 2.86 bits per heavy atom. The minimum atomic E-state index is -4.51. The molecule has 1 fully saturated rings. The zero-order valence-corrected chi connectivity index (χ0v) is 15.3. The lowest BCUT2D eigenvalue weighted by Crippen LogP contribution is -2.24. The second-order valence-electron chi connectivity index (χ2n) is 6.90. The van der Waals surface area contributed by atoms with Crippen LogP contribution in [0.1, 0.15) is 30.4 Å². The summed E-state index contributed by atoms with van der Waals surface area (Å²) in [6.45, 7) is 1.67. The van der Waals surface area contributed by atoms with Gasteiger partial charge >= 0.3 is 6.18 Å². The van der Waals surface area contributed by atoms with Crippen molar-refractivity contribution in [2.45, 2.75) is 31.5 Å². The number of aromatic nitrogens is 4. The van der Waals surface area contributed by atoms with Gasteiger partial charge in [-0.3, -0.25) is 0 Å². The third-order valence-electron chi connectivity index (χ3n) is 4.96. The molecule has 0 aliphatic carbocycles. The van der Waals surface area contributed by atoms with E-state index >= 15 is 0 Å². The van der Waals surface area contributed by atoms with Gasteiger partial charge in [0.05, 0.1) is 23.0 Å². The number of hydrogen-bond donors (Lipinski definition) is 3. The van der Waals surface area contributed by atoms with E-state index in [9.17, 15) is 18.4 Å². The van der Waals surface area contributed by atoms with E-state index in [1.807, 2.05) is 6.07 Å². The molecule has 0 spiro atoms. The first-order valence-corrected chi connectivity index (χ1v) is 9.25. The number of H-pyrrole nitrogens is 1. The second kappa shape index (κ2) is 7.67. The number of nitrogens with zero attached hydrogens (tertiary/aromatic N) is 4. The Hall–Kier alpha value is -3.19. The summed E-state index contributed by atoms with van der Waals surface area (Å²) in [5, 5.41) is 16.2. The molecular formula is C19H18F3N7. The van der Waals surface area contributed by atoms with Crippen molar-refractivity contribution in [3.05, 3.63) is 35.8 Å². The summed E-state index contributed by atoms with van der Waals surface area (Å²) in [6.07, 6.45) is 2.34. The summed E-state index contributed by atoms with van der Waals surface area (Å²) in [5.74, 6) is 0.325. The molecule has 3 aromatic heterocycles. The Bertz CT molecular complexity index is 1060. The zero-order chi connectivity index (χ0) is 20.4. The van der Waals surface area contributed by atoms with E-state index in [-0.39, 0.29) is 22.3 Å². The van der Waals surface area contributed by atoms with Crippen molar-refractivity contribution in [2.24, 2.45) is 0 Å². The Morgan fingerprint density at radius 2 is 2.14 bits per heavy atom. The number of aromatic amines is 1. The lowest BCUT2D eigenvalue weighted by Gasteiger charge is -2.11.